The van der Waals surface area contributed by atoms with Crippen LogP contribution in [0.15, 0.2) is 30.7 Å². The maximum absolute atomic E-state index is 14.7. The standard InChI is InChI=1S/C16H18FN7/c1-10-11(8-18-2)4-5-12(14(10)17)15-19-9-20-16(22-15)21-13-6-7-24(3)23-13/h4-7,9,18H,8H2,1-3H3,(H,19,20,21,22,23). The molecule has 0 bridgehead atoms. The topological polar surface area (TPSA) is 80.5 Å². The first-order chi connectivity index (χ1) is 11.6. The minimum absolute atomic E-state index is 0.278. The molecule has 0 saturated heterocycles. The predicted molar refractivity (Wildman–Crippen MR) is 89.2 cm³/mol. The highest BCUT2D eigenvalue weighted by molar-refractivity contribution is 5.60. The summed E-state index contributed by atoms with van der Waals surface area (Å²) < 4.78 is 16.3. The molecule has 124 valence electrons. The van der Waals surface area contributed by atoms with Crippen molar-refractivity contribution < 1.29 is 4.39 Å². The van der Waals surface area contributed by atoms with E-state index in [9.17, 15) is 4.39 Å². The van der Waals surface area contributed by atoms with Gasteiger partial charge in [-0.2, -0.15) is 10.1 Å². The van der Waals surface area contributed by atoms with Gasteiger partial charge in [0.25, 0.3) is 0 Å². The Morgan fingerprint density at radius 1 is 1.21 bits per heavy atom. The van der Waals surface area contributed by atoms with Crippen molar-refractivity contribution in [3.8, 4) is 11.4 Å². The van der Waals surface area contributed by atoms with Gasteiger partial charge in [0.15, 0.2) is 11.6 Å². The molecule has 8 heteroatoms. The van der Waals surface area contributed by atoms with Gasteiger partial charge >= 0.3 is 0 Å². The van der Waals surface area contributed by atoms with Crippen molar-refractivity contribution in [3.05, 3.63) is 47.7 Å². The lowest BCUT2D eigenvalue weighted by molar-refractivity contribution is 0.615. The van der Waals surface area contributed by atoms with Gasteiger partial charge in [-0.05, 0) is 31.2 Å². The summed E-state index contributed by atoms with van der Waals surface area (Å²) in [6, 6.07) is 5.36. The molecule has 24 heavy (non-hydrogen) atoms. The molecular formula is C16H18FN7. The van der Waals surface area contributed by atoms with Crippen molar-refractivity contribution in [2.45, 2.75) is 13.5 Å². The molecule has 0 aliphatic carbocycles. The highest BCUT2D eigenvalue weighted by Gasteiger charge is 2.14. The Balaban J connectivity index is 1.92. The van der Waals surface area contributed by atoms with E-state index >= 15 is 0 Å². The Morgan fingerprint density at radius 3 is 2.75 bits per heavy atom. The fraction of sp³-hybridized carbons (Fsp3) is 0.250. The number of aryl methyl sites for hydroxylation is 1. The number of halogens is 1. The lowest BCUT2D eigenvalue weighted by atomic mass is 10.0. The van der Waals surface area contributed by atoms with Gasteiger partial charge in [-0.1, -0.05) is 6.07 Å². The Labute approximate surface area is 139 Å². The van der Waals surface area contributed by atoms with E-state index in [1.54, 1.807) is 29.9 Å². The predicted octanol–water partition coefficient (Wildman–Crippen LogP) is 2.18. The zero-order valence-electron chi connectivity index (χ0n) is 13.7. The van der Waals surface area contributed by atoms with Crippen molar-refractivity contribution >= 4 is 11.8 Å². The fourth-order valence-electron chi connectivity index (χ4n) is 2.36. The molecule has 0 amide bonds. The molecule has 0 spiro atoms. The summed E-state index contributed by atoms with van der Waals surface area (Å²) in [7, 11) is 3.64. The Bertz CT molecular complexity index is 859. The summed E-state index contributed by atoms with van der Waals surface area (Å²) in [5.41, 5.74) is 1.83. The molecule has 0 fully saturated rings. The van der Waals surface area contributed by atoms with Crippen molar-refractivity contribution in [3.63, 3.8) is 0 Å². The highest BCUT2D eigenvalue weighted by atomic mass is 19.1. The van der Waals surface area contributed by atoms with Crippen molar-refractivity contribution in [1.82, 2.24) is 30.0 Å². The van der Waals surface area contributed by atoms with Crippen molar-refractivity contribution in [2.75, 3.05) is 12.4 Å². The molecule has 2 N–H and O–H groups in total. The summed E-state index contributed by atoms with van der Waals surface area (Å²) in [5, 5.41) is 10.2. The Kier molecular flexibility index (Phi) is 4.48. The van der Waals surface area contributed by atoms with Gasteiger partial charge < -0.3 is 10.6 Å². The van der Waals surface area contributed by atoms with E-state index < -0.39 is 0 Å². The van der Waals surface area contributed by atoms with Crippen LogP contribution in [-0.2, 0) is 13.6 Å². The van der Waals surface area contributed by atoms with Crippen LogP contribution >= 0.6 is 0 Å². The van der Waals surface area contributed by atoms with Gasteiger partial charge in [0.05, 0.1) is 5.56 Å². The summed E-state index contributed by atoms with van der Waals surface area (Å²) in [5.74, 6) is 0.878. The van der Waals surface area contributed by atoms with Gasteiger partial charge in [0.1, 0.15) is 12.1 Å². The van der Waals surface area contributed by atoms with Crippen LogP contribution in [0, 0.1) is 12.7 Å². The third kappa shape index (κ3) is 3.23. The van der Waals surface area contributed by atoms with E-state index in [4.69, 9.17) is 0 Å². The molecule has 3 rings (SSSR count). The summed E-state index contributed by atoms with van der Waals surface area (Å²) >= 11 is 0. The van der Waals surface area contributed by atoms with E-state index in [0.29, 0.717) is 29.4 Å². The van der Waals surface area contributed by atoms with Crippen LogP contribution in [-0.4, -0.2) is 31.8 Å². The minimum Gasteiger partial charge on any atom is -0.316 e. The zero-order valence-corrected chi connectivity index (χ0v) is 13.7. The molecule has 2 aromatic heterocycles. The third-order valence-electron chi connectivity index (χ3n) is 3.63. The molecule has 0 saturated carbocycles. The molecule has 1 aromatic carbocycles. The molecule has 7 nitrogen and oxygen atoms in total. The zero-order chi connectivity index (χ0) is 17.1. The second kappa shape index (κ2) is 6.71. The van der Waals surface area contributed by atoms with E-state index in [2.05, 4.69) is 30.7 Å². The van der Waals surface area contributed by atoms with Gasteiger partial charge in [0.2, 0.25) is 5.95 Å². The van der Waals surface area contributed by atoms with E-state index in [1.807, 2.05) is 20.2 Å². The van der Waals surface area contributed by atoms with Gasteiger partial charge in [-0.3, -0.25) is 4.68 Å². The summed E-state index contributed by atoms with van der Waals surface area (Å²) in [6.45, 7) is 2.35. The number of benzene rings is 1. The molecule has 2 heterocycles. The number of aromatic nitrogens is 5. The average molecular weight is 327 g/mol. The minimum atomic E-state index is -0.322. The monoisotopic (exact) mass is 327 g/mol. The first kappa shape index (κ1) is 16.0. The maximum atomic E-state index is 14.7. The number of hydrogen-bond donors (Lipinski definition) is 2. The van der Waals surface area contributed by atoms with Crippen molar-refractivity contribution in [2.24, 2.45) is 7.05 Å². The quantitative estimate of drug-likeness (QED) is 0.748. The third-order valence-corrected chi connectivity index (χ3v) is 3.63. The lowest BCUT2D eigenvalue weighted by Crippen LogP contribution is -2.08. The second-order valence-corrected chi connectivity index (χ2v) is 5.37. The van der Waals surface area contributed by atoms with E-state index in [1.165, 1.54) is 6.33 Å². The van der Waals surface area contributed by atoms with Crippen LogP contribution in [0.4, 0.5) is 16.2 Å². The van der Waals surface area contributed by atoms with E-state index in [-0.39, 0.29) is 11.6 Å². The Hall–Kier alpha value is -2.87. The van der Waals surface area contributed by atoms with Crippen LogP contribution in [0.5, 0.6) is 0 Å². The first-order valence-electron chi connectivity index (χ1n) is 7.47. The largest absolute Gasteiger partial charge is 0.316 e. The molecule has 0 aliphatic rings. The van der Waals surface area contributed by atoms with Gasteiger partial charge in [0, 0.05) is 25.9 Å². The summed E-state index contributed by atoms with van der Waals surface area (Å²) in [4.78, 5) is 12.4. The summed E-state index contributed by atoms with van der Waals surface area (Å²) in [6.07, 6.45) is 3.15. The number of nitrogens with one attached hydrogen (secondary N) is 2. The molecule has 0 aliphatic heterocycles. The highest BCUT2D eigenvalue weighted by Crippen LogP contribution is 2.25. The van der Waals surface area contributed by atoms with Gasteiger partial charge in [-0.15, -0.1) is 0 Å². The SMILES string of the molecule is CNCc1ccc(-c2ncnc(Nc3ccn(C)n3)n2)c(F)c1C. The maximum Gasteiger partial charge on any atom is 0.231 e. The van der Waals surface area contributed by atoms with Crippen LogP contribution in [0.2, 0.25) is 0 Å². The van der Waals surface area contributed by atoms with E-state index in [0.717, 1.165) is 5.56 Å². The average Bonchev–Trinajstić information content (AvgIpc) is 2.97. The fourth-order valence-corrected chi connectivity index (χ4v) is 2.36. The molecule has 0 unspecified atom stereocenters. The number of rotatable bonds is 5. The van der Waals surface area contributed by atoms with Crippen LogP contribution in [0.25, 0.3) is 11.4 Å². The molecular weight excluding hydrogens is 309 g/mol. The second-order valence-electron chi connectivity index (χ2n) is 5.37. The molecule has 0 radical (unpaired) electrons. The van der Waals surface area contributed by atoms with Crippen LogP contribution < -0.4 is 10.6 Å². The number of hydrogen-bond acceptors (Lipinski definition) is 6. The number of nitrogens with zero attached hydrogens (tertiary/aromatic N) is 5. The van der Waals surface area contributed by atoms with Crippen LogP contribution in [0.1, 0.15) is 11.1 Å². The van der Waals surface area contributed by atoms with Crippen LogP contribution in [0.3, 0.4) is 0 Å². The normalized spacial score (nSPS) is 10.8. The Morgan fingerprint density at radius 2 is 2.04 bits per heavy atom. The van der Waals surface area contributed by atoms with Crippen molar-refractivity contribution in [1.29, 1.82) is 0 Å². The molecule has 3 aromatic rings. The van der Waals surface area contributed by atoms with Gasteiger partial charge in [-0.25, -0.2) is 14.4 Å². The molecule has 0 atom stereocenters. The number of anilines is 2. The smallest absolute Gasteiger partial charge is 0.231 e. The first-order valence-corrected chi connectivity index (χ1v) is 7.47. The lowest BCUT2D eigenvalue weighted by Gasteiger charge is -2.10.